The highest BCUT2D eigenvalue weighted by Crippen LogP contribution is 2.82. The number of hydrogen-bond acceptors (Lipinski definition) is 4. The van der Waals surface area contributed by atoms with Crippen molar-refractivity contribution < 1.29 is 24.9 Å². The van der Waals surface area contributed by atoms with Gasteiger partial charge in [-0.2, -0.15) is 0 Å². The van der Waals surface area contributed by atoms with Gasteiger partial charge in [0.05, 0.1) is 12.0 Å². The summed E-state index contributed by atoms with van der Waals surface area (Å²) in [5.74, 6) is -0.721. The van der Waals surface area contributed by atoms with Crippen LogP contribution in [0.25, 0.3) is 0 Å². The average Bonchev–Trinajstić information content (AvgIpc) is 2.99. The van der Waals surface area contributed by atoms with Crippen LogP contribution >= 0.6 is 0 Å². The standard InChI is InChI=1S/C31H50O5/c1-20-29-8-7-21-26(4)12-11-24(2)9-10-25(3,23(33)34)17-22(24)27(26,5)13-14-28(21,6)30(29,18-32)15-16-31(20,35)36-19-29/h20-22,32,35H,7-19H2,1-6H3,(H,33,34)/t20-,21-,22-,24-,25-,26-,27+,28-,29+,30-,31+/m1/s1. The Hall–Kier alpha value is -0.650. The first-order valence-corrected chi connectivity index (χ1v) is 14.8. The number of ether oxygens (including phenoxy) is 1. The summed E-state index contributed by atoms with van der Waals surface area (Å²) in [4.78, 5) is 12.4. The van der Waals surface area contributed by atoms with E-state index in [0.717, 1.165) is 51.4 Å². The van der Waals surface area contributed by atoms with Crippen molar-refractivity contribution >= 4 is 5.97 Å². The van der Waals surface area contributed by atoms with Gasteiger partial charge >= 0.3 is 5.97 Å². The van der Waals surface area contributed by atoms with Crippen LogP contribution in [-0.2, 0) is 9.53 Å². The third-order valence-electron chi connectivity index (χ3n) is 15.4. The van der Waals surface area contributed by atoms with Gasteiger partial charge < -0.3 is 20.1 Å². The van der Waals surface area contributed by atoms with E-state index in [-0.39, 0.29) is 45.0 Å². The molecule has 1 aliphatic heterocycles. The molecule has 5 saturated carbocycles. The lowest BCUT2D eigenvalue weighted by atomic mass is 9.27. The maximum atomic E-state index is 12.4. The van der Waals surface area contributed by atoms with Crippen molar-refractivity contribution in [2.45, 2.75) is 118 Å². The van der Waals surface area contributed by atoms with Gasteiger partial charge in [-0.25, -0.2) is 0 Å². The van der Waals surface area contributed by atoms with Crippen molar-refractivity contribution in [1.82, 2.24) is 0 Å². The number of carboxylic acid groups (broad SMARTS) is 1. The molecule has 5 aliphatic carbocycles. The molecule has 0 amide bonds. The number of hydrogen-bond donors (Lipinski definition) is 3. The normalized spacial score (nSPS) is 61.9. The van der Waals surface area contributed by atoms with Gasteiger partial charge in [0.15, 0.2) is 5.79 Å². The van der Waals surface area contributed by atoms with E-state index in [4.69, 9.17) is 4.74 Å². The fourth-order valence-electron chi connectivity index (χ4n) is 12.5. The quantitative estimate of drug-likeness (QED) is 0.430. The molecule has 3 N–H and O–H groups in total. The second-order valence-corrected chi connectivity index (χ2v) is 15.9. The highest BCUT2D eigenvalue weighted by Gasteiger charge is 2.79. The van der Waals surface area contributed by atoms with Crippen molar-refractivity contribution in [3.05, 3.63) is 0 Å². The molecule has 0 aromatic carbocycles. The van der Waals surface area contributed by atoms with Crippen molar-refractivity contribution in [1.29, 1.82) is 0 Å². The molecule has 6 aliphatic rings. The highest BCUT2D eigenvalue weighted by atomic mass is 16.6. The lowest BCUT2D eigenvalue weighted by Gasteiger charge is -2.77. The van der Waals surface area contributed by atoms with E-state index in [9.17, 15) is 20.1 Å². The van der Waals surface area contributed by atoms with E-state index < -0.39 is 17.2 Å². The minimum absolute atomic E-state index is 0.0178. The van der Waals surface area contributed by atoms with Crippen LogP contribution in [-0.4, -0.2) is 40.3 Å². The Morgan fingerprint density at radius 1 is 0.833 bits per heavy atom. The zero-order valence-corrected chi connectivity index (χ0v) is 23.6. The molecule has 1 heterocycles. The Labute approximate surface area is 217 Å². The topological polar surface area (TPSA) is 87.0 Å². The Balaban J connectivity index is 1.44. The molecular formula is C31H50O5. The number of carbonyl (C=O) groups is 1. The van der Waals surface area contributed by atoms with Gasteiger partial charge in [0, 0.05) is 29.8 Å². The Morgan fingerprint density at radius 3 is 2.11 bits per heavy atom. The minimum atomic E-state index is -1.04. The lowest BCUT2D eigenvalue weighted by molar-refractivity contribution is -0.305. The zero-order valence-electron chi connectivity index (χ0n) is 23.6. The molecule has 36 heavy (non-hydrogen) atoms. The van der Waals surface area contributed by atoms with E-state index in [1.54, 1.807) is 0 Å². The van der Waals surface area contributed by atoms with E-state index >= 15 is 0 Å². The van der Waals surface area contributed by atoms with Gasteiger partial charge in [-0.1, -0.05) is 34.6 Å². The van der Waals surface area contributed by atoms with Gasteiger partial charge in [0.1, 0.15) is 0 Å². The summed E-state index contributed by atoms with van der Waals surface area (Å²) in [6.07, 6.45) is 10.7. The second-order valence-electron chi connectivity index (χ2n) is 15.9. The molecule has 6 rings (SSSR count). The molecule has 11 atom stereocenters. The van der Waals surface area contributed by atoms with E-state index in [1.807, 2.05) is 6.92 Å². The molecule has 2 bridgehead atoms. The molecule has 5 nitrogen and oxygen atoms in total. The molecule has 1 spiro atoms. The maximum Gasteiger partial charge on any atom is 0.309 e. The second kappa shape index (κ2) is 7.10. The summed E-state index contributed by atoms with van der Waals surface area (Å²) >= 11 is 0. The Morgan fingerprint density at radius 2 is 1.44 bits per heavy atom. The average molecular weight is 503 g/mol. The molecule has 6 fully saturated rings. The van der Waals surface area contributed by atoms with Crippen molar-refractivity contribution in [3.63, 3.8) is 0 Å². The largest absolute Gasteiger partial charge is 0.481 e. The molecular weight excluding hydrogens is 452 g/mol. The van der Waals surface area contributed by atoms with Crippen LogP contribution in [0.3, 0.4) is 0 Å². The Bertz CT molecular complexity index is 982. The zero-order chi connectivity index (χ0) is 26.2. The predicted octanol–water partition coefficient (Wildman–Crippen LogP) is 6.01. The molecule has 0 aromatic heterocycles. The van der Waals surface area contributed by atoms with Crippen molar-refractivity contribution in [3.8, 4) is 0 Å². The lowest BCUT2D eigenvalue weighted by Crippen LogP contribution is -2.73. The maximum absolute atomic E-state index is 12.4. The van der Waals surface area contributed by atoms with Crippen molar-refractivity contribution in [2.24, 2.45) is 55.7 Å². The third kappa shape index (κ3) is 2.53. The summed E-state index contributed by atoms with van der Waals surface area (Å²) in [7, 11) is 0. The van der Waals surface area contributed by atoms with Gasteiger partial charge in [-0.3, -0.25) is 4.79 Å². The molecule has 204 valence electrons. The third-order valence-corrected chi connectivity index (χ3v) is 15.4. The fraction of sp³-hybridized carbons (Fsp3) is 0.968. The van der Waals surface area contributed by atoms with Crippen LogP contribution in [0.1, 0.15) is 112 Å². The highest BCUT2D eigenvalue weighted by molar-refractivity contribution is 5.74. The first kappa shape index (κ1) is 25.6. The molecule has 1 saturated heterocycles. The summed E-state index contributed by atoms with van der Waals surface area (Å²) < 4.78 is 6.16. The fourth-order valence-corrected chi connectivity index (χ4v) is 12.5. The predicted molar refractivity (Wildman–Crippen MR) is 138 cm³/mol. The van der Waals surface area contributed by atoms with Gasteiger partial charge in [0.2, 0.25) is 0 Å². The van der Waals surface area contributed by atoms with E-state index in [2.05, 4.69) is 34.6 Å². The number of rotatable bonds is 2. The first-order chi connectivity index (χ1) is 16.6. The summed E-state index contributed by atoms with van der Waals surface area (Å²) in [6.45, 7) is 14.9. The monoisotopic (exact) mass is 502 g/mol. The molecule has 5 heteroatoms. The number of aliphatic carboxylic acids is 1. The van der Waals surface area contributed by atoms with Gasteiger partial charge in [0.25, 0.3) is 0 Å². The van der Waals surface area contributed by atoms with Gasteiger partial charge in [-0.05, 0) is 105 Å². The summed E-state index contributed by atoms with van der Waals surface area (Å²) in [5.41, 5.74) is -0.624. The number of aliphatic hydroxyl groups is 2. The van der Waals surface area contributed by atoms with Crippen LogP contribution in [0.4, 0.5) is 0 Å². The molecule has 0 radical (unpaired) electrons. The molecule has 0 unspecified atom stereocenters. The van der Waals surface area contributed by atoms with E-state index in [0.29, 0.717) is 24.9 Å². The Kier molecular flexibility index (Phi) is 5.05. The summed E-state index contributed by atoms with van der Waals surface area (Å²) in [6, 6.07) is 0. The van der Waals surface area contributed by atoms with Crippen LogP contribution in [0.5, 0.6) is 0 Å². The van der Waals surface area contributed by atoms with Crippen LogP contribution in [0, 0.1) is 55.7 Å². The van der Waals surface area contributed by atoms with Gasteiger partial charge in [-0.15, -0.1) is 0 Å². The SMILES string of the molecule is C[C@@H]1[C@@]23CC[C@H]4[C@@](C)(CC[C@@]5(C)[C@@H]6C[C@](C)(C(=O)O)CC[C@]6(C)CC[C@]45C)[C@]2(CO)CC[C@]1(O)OC3. The number of aliphatic hydroxyl groups excluding tert-OH is 1. The van der Waals surface area contributed by atoms with Crippen LogP contribution in [0.15, 0.2) is 0 Å². The first-order valence-electron chi connectivity index (χ1n) is 14.8. The van der Waals surface area contributed by atoms with Crippen LogP contribution < -0.4 is 0 Å². The minimum Gasteiger partial charge on any atom is -0.481 e. The van der Waals surface area contributed by atoms with Crippen molar-refractivity contribution in [2.75, 3.05) is 13.2 Å². The van der Waals surface area contributed by atoms with Crippen LogP contribution in [0.2, 0.25) is 0 Å². The number of fused-ring (bicyclic) bond motifs is 7. The smallest absolute Gasteiger partial charge is 0.309 e. The number of carboxylic acids is 1. The summed E-state index contributed by atoms with van der Waals surface area (Å²) in [5, 5.41) is 32.8. The van der Waals surface area contributed by atoms with E-state index in [1.165, 1.54) is 12.8 Å². The molecule has 0 aromatic rings.